The van der Waals surface area contributed by atoms with Gasteiger partial charge in [-0.15, -0.1) is 0 Å². The molecule has 3 rings (SSSR count). The highest BCUT2D eigenvalue weighted by atomic mass is 16.5. The van der Waals surface area contributed by atoms with Gasteiger partial charge in [0.2, 0.25) is 0 Å². The van der Waals surface area contributed by atoms with E-state index in [0.717, 1.165) is 18.5 Å². The maximum atomic E-state index is 11.3. The Balaban J connectivity index is 1.89. The maximum Gasteiger partial charge on any atom is 0.262 e. The number of carbonyl (C=O) groups is 1. The quantitative estimate of drug-likeness (QED) is 0.714. The van der Waals surface area contributed by atoms with Gasteiger partial charge in [0.1, 0.15) is 5.75 Å². The lowest BCUT2D eigenvalue weighted by Crippen LogP contribution is -2.31. The number of anilines is 3. The van der Waals surface area contributed by atoms with Crippen LogP contribution in [0.3, 0.4) is 0 Å². The number of amides is 1. The van der Waals surface area contributed by atoms with E-state index in [4.69, 9.17) is 10.5 Å². The van der Waals surface area contributed by atoms with Crippen LogP contribution in [0.25, 0.3) is 0 Å². The molecule has 1 fully saturated rings. The highest BCUT2D eigenvalue weighted by Crippen LogP contribution is 2.39. The average Bonchev–Trinajstić information content (AvgIpc) is 2.78. The van der Waals surface area contributed by atoms with Crippen LogP contribution in [0.1, 0.15) is 32.6 Å². The molecule has 1 aromatic carbocycles. The first-order valence-corrected chi connectivity index (χ1v) is 6.70. The lowest BCUT2D eigenvalue weighted by atomic mass is 10.00. The van der Waals surface area contributed by atoms with Gasteiger partial charge in [0.25, 0.3) is 5.91 Å². The molecule has 1 aliphatic carbocycles. The van der Waals surface area contributed by atoms with Crippen LogP contribution in [-0.2, 0) is 4.79 Å². The van der Waals surface area contributed by atoms with Gasteiger partial charge >= 0.3 is 0 Å². The number of nitrogens with one attached hydrogen (secondary N) is 2. The summed E-state index contributed by atoms with van der Waals surface area (Å²) in [6.45, 7) is 2.27. The Morgan fingerprint density at radius 1 is 1.37 bits per heavy atom. The summed E-state index contributed by atoms with van der Waals surface area (Å²) in [7, 11) is 0. The Hall–Kier alpha value is -1.91. The van der Waals surface area contributed by atoms with Crippen LogP contribution in [0.4, 0.5) is 17.1 Å². The molecule has 0 bridgehead atoms. The van der Waals surface area contributed by atoms with Gasteiger partial charge in [-0.2, -0.15) is 0 Å². The van der Waals surface area contributed by atoms with Gasteiger partial charge in [0.15, 0.2) is 6.61 Å². The van der Waals surface area contributed by atoms with E-state index in [1.807, 2.05) is 6.07 Å². The molecule has 102 valence electrons. The van der Waals surface area contributed by atoms with Crippen molar-refractivity contribution in [3.8, 4) is 5.75 Å². The minimum absolute atomic E-state index is 0.0525. The summed E-state index contributed by atoms with van der Waals surface area (Å²) in [5.41, 5.74) is 8.37. The Bertz CT molecular complexity index is 522. The Morgan fingerprint density at radius 3 is 2.84 bits per heavy atom. The van der Waals surface area contributed by atoms with Crippen LogP contribution >= 0.6 is 0 Å². The van der Waals surface area contributed by atoms with Crippen molar-refractivity contribution in [2.75, 3.05) is 23.0 Å². The van der Waals surface area contributed by atoms with Crippen LogP contribution in [0.2, 0.25) is 0 Å². The van der Waals surface area contributed by atoms with E-state index < -0.39 is 0 Å². The van der Waals surface area contributed by atoms with Crippen molar-refractivity contribution in [3.05, 3.63) is 12.1 Å². The van der Waals surface area contributed by atoms with Gasteiger partial charge in [-0.05, 0) is 25.8 Å². The summed E-state index contributed by atoms with van der Waals surface area (Å²) in [6, 6.07) is 3.64. The molecule has 5 nitrogen and oxygen atoms in total. The summed E-state index contributed by atoms with van der Waals surface area (Å²) >= 11 is 0. The van der Waals surface area contributed by atoms with Gasteiger partial charge in [-0.3, -0.25) is 4.79 Å². The van der Waals surface area contributed by atoms with Crippen molar-refractivity contribution in [1.29, 1.82) is 0 Å². The summed E-state index contributed by atoms with van der Waals surface area (Å²) < 4.78 is 5.35. The molecular formula is C14H19N3O2. The molecule has 0 atom stereocenters. The van der Waals surface area contributed by atoms with Crippen molar-refractivity contribution in [3.63, 3.8) is 0 Å². The highest BCUT2D eigenvalue weighted by molar-refractivity contribution is 5.97. The fraction of sp³-hybridized carbons (Fsp3) is 0.500. The van der Waals surface area contributed by atoms with Gasteiger partial charge in [0.05, 0.1) is 17.1 Å². The number of benzene rings is 1. The Kier molecular flexibility index (Phi) is 2.77. The van der Waals surface area contributed by atoms with Gasteiger partial charge in [0, 0.05) is 11.6 Å². The summed E-state index contributed by atoms with van der Waals surface area (Å²) in [6.07, 6.45) is 4.78. The third kappa shape index (κ3) is 2.32. The second kappa shape index (κ2) is 4.33. The number of ether oxygens (including phenoxy) is 1. The fourth-order valence-electron chi connectivity index (χ4n) is 2.86. The Labute approximate surface area is 112 Å². The minimum atomic E-state index is -0.129. The first-order valence-electron chi connectivity index (χ1n) is 6.70. The zero-order valence-corrected chi connectivity index (χ0v) is 11.1. The average molecular weight is 261 g/mol. The zero-order chi connectivity index (χ0) is 13.5. The molecule has 2 aliphatic rings. The normalized spacial score (nSPS) is 20.4. The second-order valence-corrected chi connectivity index (χ2v) is 5.67. The molecule has 5 heteroatoms. The standard InChI is InChI=1S/C14H19N3O2/c1-14(4-2-3-5-14)17-10-7-11-12(6-9(10)15)19-8-13(18)16-11/h6-7,17H,2-5,8,15H2,1H3,(H,16,18). The van der Waals surface area contributed by atoms with Crippen LogP contribution in [0.5, 0.6) is 5.75 Å². The molecule has 1 aromatic rings. The molecule has 0 spiro atoms. The minimum Gasteiger partial charge on any atom is -0.482 e. The van der Waals surface area contributed by atoms with Crippen LogP contribution in [0, 0.1) is 0 Å². The van der Waals surface area contributed by atoms with Crippen LogP contribution in [-0.4, -0.2) is 18.1 Å². The number of nitrogen functional groups attached to an aromatic ring is 1. The zero-order valence-electron chi connectivity index (χ0n) is 11.1. The topological polar surface area (TPSA) is 76.4 Å². The van der Waals surface area contributed by atoms with E-state index in [1.54, 1.807) is 6.07 Å². The third-order valence-electron chi connectivity index (χ3n) is 3.93. The van der Waals surface area contributed by atoms with Crippen LogP contribution < -0.4 is 21.1 Å². The molecule has 1 heterocycles. The largest absolute Gasteiger partial charge is 0.482 e. The maximum absolute atomic E-state index is 11.3. The molecule has 19 heavy (non-hydrogen) atoms. The predicted octanol–water partition coefficient (Wildman–Crippen LogP) is 2.34. The molecule has 4 N–H and O–H groups in total. The SMILES string of the molecule is CC1(Nc2cc3c(cc2N)OCC(=O)N3)CCCC1. The number of carbonyl (C=O) groups excluding carboxylic acids is 1. The second-order valence-electron chi connectivity index (χ2n) is 5.67. The van der Waals surface area contributed by atoms with Crippen molar-refractivity contribution < 1.29 is 9.53 Å². The van der Waals surface area contributed by atoms with Crippen molar-refractivity contribution >= 4 is 23.0 Å². The van der Waals surface area contributed by atoms with Crippen LogP contribution in [0.15, 0.2) is 12.1 Å². The molecule has 1 aliphatic heterocycles. The summed E-state index contributed by atoms with van der Waals surface area (Å²) in [5.74, 6) is 0.509. The fourth-order valence-corrected chi connectivity index (χ4v) is 2.86. The van der Waals surface area contributed by atoms with Crippen molar-refractivity contribution in [2.45, 2.75) is 38.1 Å². The molecule has 0 unspecified atom stereocenters. The monoisotopic (exact) mass is 261 g/mol. The predicted molar refractivity (Wildman–Crippen MR) is 75.5 cm³/mol. The van der Waals surface area contributed by atoms with E-state index in [1.165, 1.54) is 12.8 Å². The third-order valence-corrected chi connectivity index (χ3v) is 3.93. The molecular weight excluding hydrogens is 242 g/mol. The molecule has 0 saturated heterocycles. The number of fused-ring (bicyclic) bond motifs is 1. The Morgan fingerprint density at radius 2 is 2.11 bits per heavy atom. The van der Waals surface area contributed by atoms with Crippen molar-refractivity contribution in [1.82, 2.24) is 0 Å². The van der Waals surface area contributed by atoms with Gasteiger partial charge in [-0.1, -0.05) is 12.8 Å². The van der Waals surface area contributed by atoms with E-state index in [9.17, 15) is 4.79 Å². The van der Waals surface area contributed by atoms with E-state index in [0.29, 0.717) is 17.1 Å². The van der Waals surface area contributed by atoms with E-state index in [2.05, 4.69) is 17.6 Å². The number of rotatable bonds is 2. The van der Waals surface area contributed by atoms with Gasteiger partial charge < -0.3 is 21.1 Å². The van der Waals surface area contributed by atoms with Gasteiger partial charge in [-0.25, -0.2) is 0 Å². The van der Waals surface area contributed by atoms with E-state index >= 15 is 0 Å². The molecule has 1 saturated carbocycles. The van der Waals surface area contributed by atoms with E-state index in [-0.39, 0.29) is 18.1 Å². The highest BCUT2D eigenvalue weighted by Gasteiger charge is 2.29. The lowest BCUT2D eigenvalue weighted by molar-refractivity contribution is -0.118. The summed E-state index contributed by atoms with van der Waals surface area (Å²) in [5, 5.41) is 6.32. The summed E-state index contributed by atoms with van der Waals surface area (Å²) in [4.78, 5) is 11.3. The smallest absolute Gasteiger partial charge is 0.262 e. The lowest BCUT2D eigenvalue weighted by Gasteiger charge is -2.29. The van der Waals surface area contributed by atoms with Crippen molar-refractivity contribution in [2.24, 2.45) is 0 Å². The number of hydrogen-bond donors (Lipinski definition) is 3. The first-order chi connectivity index (χ1) is 9.06. The first kappa shape index (κ1) is 12.1. The molecule has 0 radical (unpaired) electrons. The number of nitrogens with two attached hydrogens (primary N) is 1. The molecule has 1 amide bonds. The molecule has 0 aromatic heterocycles. The number of hydrogen-bond acceptors (Lipinski definition) is 4.